The molecule has 1 rings (SSSR count). The molecule has 0 spiro atoms. The molecule has 0 atom stereocenters. The lowest BCUT2D eigenvalue weighted by Gasteiger charge is -2.13. The molecule has 5 nitrogen and oxygen atoms in total. The van der Waals surface area contributed by atoms with Crippen LogP contribution in [0, 0.1) is 0 Å². The van der Waals surface area contributed by atoms with Crippen molar-refractivity contribution in [3.05, 3.63) is 17.7 Å². The predicted molar refractivity (Wildman–Crippen MR) is 77.3 cm³/mol. The highest BCUT2D eigenvalue weighted by atomic mass is 127. The van der Waals surface area contributed by atoms with Crippen LogP contribution in [0.15, 0.2) is 12.1 Å². The average molecular weight is 365 g/mol. The molecule has 1 aromatic carbocycles. The van der Waals surface area contributed by atoms with Crippen molar-refractivity contribution in [2.24, 2.45) is 0 Å². The molecule has 0 fully saturated rings. The zero-order valence-electron chi connectivity index (χ0n) is 10.6. The summed E-state index contributed by atoms with van der Waals surface area (Å²) in [6.45, 7) is 0.608. The van der Waals surface area contributed by atoms with Gasteiger partial charge >= 0.3 is 0 Å². The van der Waals surface area contributed by atoms with Gasteiger partial charge in [0.2, 0.25) is 0 Å². The van der Waals surface area contributed by atoms with E-state index in [1.165, 1.54) is 21.3 Å². The van der Waals surface area contributed by atoms with Gasteiger partial charge in [-0.2, -0.15) is 0 Å². The number of alkyl halides is 1. The van der Waals surface area contributed by atoms with Crippen molar-refractivity contribution in [3.8, 4) is 17.2 Å². The van der Waals surface area contributed by atoms with Crippen molar-refractivity contribution in [3.63, 3.8) is 0 Å². The molecule has 1 N–H and O–H groups in total. The van der Waals surface area contributed by atoms with Gasteiger partial charge in [-0.15, -0.1) is 0 Å². The van der Waals surface area contributed by atoms with E-state index in [0.29, 0.717) is 29.4 Å². The SMILES string of the molecule is COc1cc(OC)c(C(=O)NCCI)cc1OC. The van der Waals surface area contributed by atoms with Crippen LogP contribution >= 0.6 is 22.6 Å². The second-order valence-electron chi connectivity index (χ2n) is 3.35. The fraction of sp³-hybridized carbons (Fsp3) is 0.417. The van der Waals surface area contributed by atoms with E-state index in [1.807, 2.05) is 0 Å². The summed E-state index contributed by atoms with van der Waals surface area (Å²) in [5.74, 6) is 1.29. The molecule has 0 saturated carbocycles. The molecule has 0 radical (unpaired) electrons. The summed E-state index contributed by atoms with van der Waals surface area (Å²) >= 11 is 2.19. The Kier molecular flexibility index (Phi) is 6.03. The summed E-state index contributed by atoms with van der Waals surface area (Å²) in [6.07, 6.45) is 0. The Hall–Kier alpha value is -1.18. The maximum Gasteiger partial charge on any atom is 0.255 e. The van der Waals surface area contributed by atoms with Crippen molar-refractivity contribution >= 4 is 28.5 Å². The van der Waals surface area contributed by atoms with Gasteiger partial charge in [0.05, 0.1) is 26.9 Å². The number of benzene rings is 1. The lowest BCUT2D eigenvalue weighted by molar-refractivity contribution is 0.0953. The monoisotopic (exact) mass is 365 g/mol. The van der Waals surface area contributed by atoms with Crippen LogP contribution in [0.3, 0.4) is 0 Å². The second-order valence-corrected chi connectivity index (χ2v) is 4.43. The Balaban J connectivity index is 3.12. The van der Waals surface area contributed by atoms with E-state index in [9.17, 15) is 4.79 Å². The van der Waals surface area contributed by atoms with E-state index < -0.39 is 0 Å². The highest BCUT2D eigenvalue weighted by Crippen LogP contribution is 2.34. The van der Waals surface area contributed by atoms with Crippen molar-refractivity contribution < 1.29 is 19.0 Å². The quantitative estimate of drug-likeness (QED) is 0.618. The Morgan fingerprint density at radius 1 is 1.11 bits per heavy atom. The molecule has 6 heteroatoms. The Bertz CT molecular complexity index is 423. The number of nitrogens with one attached hydrogen (secondary N) is 1. The van der Waals surface area contributed by atoms with Gasteiger partial charge in [-0.25, -0.2) is 0 Å². The zero-order chi connectivity index (χ0) is 13.5. The third kappa shape index (κ3) is 3.41. The van der Waals surface area contributed by atoms with Crippen molar-refractivity contribution in [2.45, 2.75) is 0 Å². The number of halogens is 1. The van der Waals surface area contributed by atoms with Gasteiger partial charge in [-0.1, -0.05) is 22.6 Å². The number of methoxy groups -OCH3 is 3. The van der Waals surface area contributed by atoms with Gasteiger partial charge < -0.3 is 19.5 Å². The minimum absolute atomic E-state index is 0.190. The number of carbonyl (C=O) groups is 1. The number of ether oxygens (including phenoxy) is 3. The normalized spacial score (nSPS) is 9.78. The first-order chi connectivity index (χ1) is 8.67. The van der Waals surface area contributed by atoms with Gasteiger partial charge in [-0.05, 0) is 0 Å². The van der Waals surface area contributed by atoms with Crippen molar-refractivity contribution in [1.29, 1.82) is 0 Å². The fourth-order valence-corrected chi connectivity index (χ4v) is 1.73. The molecule has 0 heterocycles. The summed E-state index contributed by atoms with van der Waals surface area (Å²) < 4.78 is 16.4. The van der Waals surface area contributed by atoms with Crippen LogP contribution in [-0.4, -0.2) is 38.2 Å². The molecule has 0 aromatic heterocycles. The van der Waals surface area contributed by atoms with Crippen LogP contribution in [0.25, 0.3) is 0 Å². The Morgan fingerprint density at radius 2 is 1.67 bits per heavy atom. The van der Waals surface area contributed by atoms with Gasteiger partial charge in [0.25, 0.3) is 5.91 Å². The highest BCUT2D eigenvalue weighted by molar-refractivity contribution is 14.1. The van der Waals surface area contributed by atoms with Crippen LogP contribution in [-0.2, 0) is 0 Å². The number of amides is 1. The molecule has 0 aliphatic rings. The van der Waals surface area contributed by atoms with Crippen molar-refractivity contribution in [1.82, 2.24) is 5.32 Å². The predicted octanol–water partition coefficient (Wildman–Crippen LogP) is 1.88. The molecule has 0 unspecified atom stereocenters. The molecular formula is C12H16INO4. The Labute approximate surface area is 120 Å². The van der Waals surface area contributed by atoms with E-state index in [0.717, 1.165) is 4.43 Å². The minimum Gasteiger partial charge on any atom is -0.496 e. The molecule has 0 bridgehead atoms. The number of carbonyl (C=O) groups excluding carboxylic acids is 1. The average Bonchev–Trinajstić information content (AvgIpc) is 2.42. The van der Waals surface area contributed by atoms with E-state index in [2.05, 4.69) is 27.9 Å². The first-order valence-corrected chi connectivity index (χ1v) is 6.84. The summed E-state index contributed by atoms with van der Waals surface area (Å²) in [5.41, 5.74) is 0.431. The van der Waals surface area contributed by atoms with Crippen LogP contribution in [0.1, 0.15) is 10.4 Å². The van der Waals surface area contributed by atoms with Crippen LogP contribution in [0.4, 0.5) is 0 Å². The van der Waals surface area contributed by atoms with E-state index >= 15 is 0 Å². The smallest absolute Gasteiger partial charge is 0.255 e. The van der Waals surface area contributed by atoms with Gasteiger partial charge in [-0.3, -0.25) is 4.79 Å². The van der Waals surface area contributed by atoms with E-state index in [1.54, 1.807) is 12.1 Å². The van der Waals surface area contributed by atoms with Crippen LogP contribution in [0.5, 0.6) is 17.2 Å². The number of rotatable bonds is 6. The largest absolute Gasteiger partial charge is 0.496 e. The second kappa shape index (κ2) is 7.30. The topological polar surface area (TPSA) is 56.8 Å². The molecule has 100 valence electrons. The third-order valence-electron chi connectivity index (χ3n) is 2.33. The third-order valence-corrected chi connectivity index (χ3v) is 2.87. The van der Waals surface area contributed by atoms with E-state index in [-0.39, 0.29) is 5.91 Å². The first kappa shape index (κ1) is 14.9. The molecule has 1 amide bonds. The molecule has 0 saturated heterocycles. The zero-order valence-corrected chi connectivity index (χ0v) is 12.7. The maximum absolute atomic E-state index is 12.0. The molecule has 0 aliphatic carbocycles. The van der Waals surface area contributed by atoms with Crippen LogP contribution < -0.4 is 19.5 Å². The lowest BCUT2D eigenvalue weighted by Crippen LogP contribution is -2.25. The minimum atomic E-state index is -0.190. The Morgan fingerprint density at radius 3 is 2.17 bits per heavy atom. The van der Waals surface area contributed by atoms with Crippen molar-refractivity contribution in [2.75, 3.05) is 32.3 Å². The summed E-state index contributed by atoms with van der Waals surface area (Å²) in [6, 6.07) is 3.25. The first-order valence-electron chi connectivity index (χ1n) is 5.32. The summed E-state index contributed by atoms with van der Waals surface area (Å²) in [7, 11) is 4.57. The molecule has 1 aromatic rings. The fourth-order valence-electron chi connectivity index (χ4n) is 1.46. The number of hydrogen-bond donors (Lipinski definition) is 1. The van der Waals surface area contributed by atoms with Gasteiger partial charge in [0.15, 0.2) is 11.5 Å². The lowest BCUT2D eigenvalue weighted by atomic mass is 10.1. The summed E-state index contributed by atoms with van der Waals surface area (Å²) in [5, 5.41) is 2.79. The maximum atomic E-state index is 12.0. The van der Waals surface area contributed by atoms with Gasteiger partial charge in [0, 0.05) is 23.1 Å². The highest BCUT2D eigenvalue weighted by Gasteiger charge is 2.17. The number of hydrogen-bond acceptors (Lipinski definition) is 4. The van der Waals surface area contributed by atoms with Gasteiger partial charge in [0.1, 0.15) is 5.75 Å². The molecule has 18 heavy (non-hydrogen) atoms. The van der Waals surface area contributed by atoms with E-state index in [4.69, 9.17) is 14.2 Å². The molecule has 0 aliphatic heterocycles. The summed E-state index contributed by atoms with van der Waals surface area (Å²) in [4.78, 5) is 12.0. The standard InChI is InChI=1S/C12H16INO4/c1-16-9-7-11(18-3)10(17-2)6-8(9)12(15)14-5-4-13/h6-7H,4-5H2,1-3H3,(H,14,15). The van der Waals surface area contributed by atoms with Crippen LogP contribution in [0.2, 0.25) is 0 Å². The molecular weight excluding hydrogens is 349 g/mol.